The highest BCUT2D eigenvalue weighted by Gasteiger charge is 2.22. The summed E-state index contributed by atoms with van der Waals surface area (Å²) in [5.74, 6) is -0.354. The van der Waals surface area contributed by atoms with E-state index in [0.717, 1.165) is 44.0 Å². The van der Waals surface area contributed by atoms with Crippen LogP contribution in [0.5, 0.6) is 0 Å². The Bertz CT molecular complexity index is 539. The first-order chi connectivity index (χ1) is 10.9. The SMILES string of the molecule is CCN1CCN(c2ccc(F)cc2[C@@H](C)NC(=O)C(C)C)CC1. The lowest BCUT2D eigenvalue weighted by atomic mass is 10.0. The molecule has 0 saturated carbocycles. The number of likely N-dealkylation sites (N-methyl/N-ethyl adjacent to an activating group) is 1. The number of amides is 1. The Morgan fingerprint density at radius 1 is 1.22 bits per heavy atom. The second-order valence-electron chi connectivity index (χ2n) is 6.51. The van der Waals surface area contributed by atoms with Crippen LogP contribution in [0.4, 0.5) is 10.1 Å². The van der Waals surface area contributed by atoms with E-state index in [1.807, 2.05) is 26.8 Å². The van der Waals surface area contributed by atoms with Crippen LogP contribution in [0.2, 0.25) is 0 Å². The summed E-state index contributed by atoms with van der Waals surface area (Å²) >= 11 is 0. The van der Waals surface area contributed by atoms with Crippen molar-refractivity contribution in [3.05, 3.63) is 29.6 Å². The van der Waals surface area contributed by atoms with Gasteiger partial charge in [-0.25, -0.2) is 4.39 Å². The first kappa shape index (κ1) is 17.7. The molecule has 1 aromatic rings. The van der Waals surface area contributed by atoms with Crippen molar-refractivity contribution < 1.29 is 9.18 Å². The lowest BCUT2D eigenvalue weighted by molar-refractivity contribution is -0.124. The average Bonchev–Trinajstić information content (AvgIpc) is 2.54. The molecule has 128 valence electrons. The van der Waals surface area contributed by atoms with Gasteiger partial charge in [0.2, 0.25) is 5.91 Å². The van der Waals surface area contributed by atoms with E-state index in [0.29, 0.717) is 0 Å². The maximum Gasteiger partial charge on any atom is 0.223 e. The Morgan fingerprint density at radius 3 is 2.43 bits per heavy atom. The minimum atomic E-state index is -0.262. The van der Waals surface area contributed by atoms with Gasteiger partial charge in [-0.2, -0.15) is 0 Å². The van der Waals surface area contributed by atoms with Gasteiger partial charge in [0, 0.05) is 43.3 Å². The Morgan fingerprint density at radius 2 is 1.87 bits per heavy atom. The summed E-state index contributed by atoms with van der Waals surface area (Å²) in [6.45, 7) is 12.8. The summed E-state index contributed by atoms with van der Waals surface area (Å²) < 4.78 is 13.7. The van der Waals surface area contributed by atoms with E-state index >= 15 is 0 Å². The highest BCUT2D eigenvalue weighted by molar-refractivity contribution is 5.78. The lowest BCUT2D eigenvalue weighted by Crippen LogP contribution is -2.46. The van der Waals surface area contributed by atoms with Gasteiger partial charge >= 0.3 is 0 Å². The van der Waals surface area contributed by atoms with E-state index in [1.165, 1.54) is 6.07 Å². The molecule has 1 saturated heterocycles. The Balaban J connectivity index is 2.19. The smallest absolute Gasteiger partial charge is 0.223 e. The lowest BCUT2D eigenvalue weighted by Gasteiger charge is -2.37. The van der Waals surface area contributed by atoms with Crippen molar-refractivity contribution in [3.8, 4) is 0 Å². The zero-order chi connectivity index (χ0) is 17.0. The van der Waals surface area contributed by atoms with E-state index in [9.17, 15) is 9.18 Å². The van der Waals surface area contributed by atoms with Crippen LogP contribution in [-0.4, -0.2) is 43.5 Å². The Labute approximate surface area is 138 Å². The molecule has 1 aromatic carbocycles. The van der Waals surface area contributed by atoms with Crippen molar-refractivity contribution in [2.75, 3.05) is 37.6 Å². The molecule has 0 unspecified atom stereocenters. The number of anilines is 1. The molecule has 2 rings (SSSR count). The highest BCUT2D eigenvalue weighted by atomic mass is 19.1. The van der Waals surface area contributed by atoms with Crippen molar-refractivity contribution >= 4 is 11.6 Å². The molecule has 1 amide bonds. The molecule has 1 fully saturated rings. The minimum Gasteiger partial charge on any atom is -0.369 e. The molecule has 4 nitrogen and oxygen atoms in total. The number of hydrogen-bond donors (Lipinski definition) is 1. The van der Waals surface area contributed by atoms with Crippen LogP contribution in [0, 0.1) is 11.7 Å². The van der Waals surface area contributed by atoms with Crippen molar-refractivity contribution in [2.45, 2.75) is 33.7 Å². The fourth-order valence-corrected chi connectivity index (χ4v) is 2.92. The molecule has 1 heterocycles. The summed E-state index contributed by atoms with van der Waals surface area (Å²) in [6.07, 6.45) is 0. The molecule has 23 heavy (non-hydrogen) atoms. The quantitative estimate of drug-likeness (QED) is 0.906. The van der Waals surface area contributed by atoms with Crippen LogP contribution in [0.15, 0.2) is 18.2 Å². The molecule has 0 bridgehead atoms. The topological polar surface area (TPSA) is 35.6 Å². The number of nitrogens with one attached hydrogen (secondary N) is 1. The highest BCUT2D eigenvalue weighted by Crippen LogP contribution is 2.28. The first-order valence-corrected chi connectivity index (χ1v) is 8.49. The number of halogens is 1. The number of carbonyl (C=O) groups is 1. The van der Waals surface area contributed by atoms with Crippen LogP contribution in [-0.2, 0) is 4.79 Å². The second-order valence-corrected chi connectivity index (χ2v) is 6.51. The predicted molar refractivity (Wildman–Crippen MR) is 92.1 cm³/mol. The van der Waals surface area contributed by atoms with Gasteiger partial charge in [-0.15, -0.1) is 0 Å². The first-order valence-electron chi connectivity index (χ1n) is 8.49. The van der Waals surface area contributed by atoms with E-state index in [1.54, 1.807) is 6.07 Å². The summed E-state index contributed by atoms with van der Waals surface area (Å²) in [5, 5.41) is 2.98. The standard InChI is InChI=1S/C18H28FN3O/c1-5-21-8-10-22(11-9-21)17-7-6-15(19)12-16(17)14(4)20-18(23)13(2)3/h6-7,12-14H,5,8-11H2,1-4H3,(H,20,23)/t14-/m1/s1. The molecule has 1 atom stereocenters. The Kier molecular flexibility index (Phi) is 5.99. The number of rotatable bonds is 5. The molecule has 5 heteroatoms. The summed E-state index contributed by atoms with van der Waals surface area (Å²) in [6, 6.07) is 4.68. The molecular formula is C18H28FN3O. The number of nitrogens with zero attached hydrogens (tertiary/aromatic N) is 2. The number of carbonyl (C=O) groups excluding carboxylic acids is 1. The van der Waals surface area contributed by atoms with E-state index in [-0.39, 0.29) is 23.7 Å². The summed E-state index contributed by atoms with van der Waals surface area (Å²) in [7, 11) is 0. The van der Waals surface area contributed by atoms with Crippen molar-refractivity contribution in [2.24, 2.45) is 5.92 Å². The van der Waals surface area contributed by atoms with Crippen LogP contribution in [0.3, 0.4) is 0 Å². The van der Waals surface area contributed by atoms with Gasteiger partial charge < -0.3 is 15.1 Å². The van der Waals surface area contributed by atoms with Crippen LogP contribution < -0.4 is 10.2 Å². The fourth-order valence-electron chi connectivity index (χ4n) is 2.92. The molecule has 0 aliphatic carbocycles. The molecule has 1 aliphatic heterocycles. The number of benzene rings is 1. The van der Waals surface area contributed by atoms with E-state index < -0.39 is 0 Å². The largest absolute Gasteiger partial charge is 0.369 e. The number of piperazine rings is 1. The zero-order valence-corrected chi connectivity index (χ0v) is 14.6. The van der Waals surface area contributed by atoms with E-state index in [4.69, 9.17) is 0 Å². The molecule has 0 radical (unpaired) electrons. The molecule has 0 spiro atoms. The van der Waals surface area contributed by atoms with Gasteiger partial charge in [0.1, 0.15) is 5.82 Å². The van der Waals surface area contributed by atoms with Gasteiger partial charge in [-0.05, 0) is 31.7 Å². The van der Waals surface area contributed by atoms with Crippen molar-refractivity contribution in [3.63, 3.8) is 0 Å². The maximum absolute atomic E-state index is 13.7. The van der Waals surface area contributed by atoms with Gasteiger partial charge in [-0.1, -0.05) is 20.8 Å². The third kappa shape index (κ3) is 4.44. The van der Waals surface area contributed by atoms with Gasteiger partial charge in [0.05, 0.1) is 6.04 Å². The summed E-state index contributed by atoms with van der Waals surface area (Å²) in [4.78, 5) is 16.7. The third-order valence-corrected chi connectivity index (χ3v) is 4.50. The zero-order valence-electron chi connectivity index (χ0n) is 14.6. The minimum absolute atomic E-state index is 0.0106. The van der Waals surface area contributed by atoms with Crippen LogP contribution in [0.1, 0.15) is 39.3 Å². The van der Waals surface area contributed by atoms with Gasteiger partial charge in [0.25, 0.3) is 0 Å². The van der Waals surface area contributed by atoms with E-state index in [2.05, 4.69) is 22.0 Å². The molecule has 0 aromatic heterocycles. The maximum atomic E-state index is 13.7. The van der Waals surface area contributed by atoms with Crippen LogP contribution in [0.25, 0.3) is 0 Å². The van der Waals surface area contributed by atoms with Crippen molar-refractivity contribution in [1.29, 1.82) is 0 Å². The van der Waals surface area contributed by atoms with Crippen molar-refractivity contribution in [1.82, 2.24) is 10.2 Å². The Hall–Kier alpha value is -1.62. The van der Waals surface area contributed by atoms with Gasteiger partial charge in [-0.3, -0.25) is 4.79 Å². The average molecular weight is 321 g/mol. The normalized spacial score (nSPS) is 17.4. The monoisotopic (exact) mass is 321 g/mol. The predicted octanol–water partition coefficient (Wildman–Crippen LogP) is 2.80. The summed E-state index contributed by atoms with van der Waals surface area (Å²) in [5.41, 5.74) is 1.88. The molecule has 1 aliphatic rings. The van der Waals surface area contributed by atoms with Crippen LogP contribution >= 0.6 is 0 Å². The molecular weight excluding hydrogens is 293 g/mol. The molecule has 1 N–H and O–H groups in total. The second kappa shape index (κ2) is 7.77. The van der Waals surface area contributed by atoms with Gasteiger partial charge in [0.15, 0.2) is 0 Å². The number of hydrogen-bond acceptors (Lipinski definition) is 3. The fraction of sp³-hybridized carbons (Fsp3) is 0.611. The third-order valence-electron chi connectivity index (χ3n) is 4.50.